The van der Waals surface area contributed by atoms with Gasteiger partial charge in [-0.15, -0.1) is 0 Å². The van der Waals surface area contributed by atoms with Crippen LogP contribution in [0.2, 0.25) is 0 Å². The van der Waals surface area contributed by atoms with E-state index in [1.807, 2.05) is 24.3 Å². The first-order valence-corrected chi connectivity index (χ1v) is 10.1. The van der Waals surface area contributed by atoms with Crippen LogP contribution in [0.3, 0.4) is 0 Å². The molecule has 0 aromatic heterocycles. The van der Waals surface area contributed by atoms with Crippen LogP contribution >= 0.6 is 0 Å². The summed E-state index contributed by atoms with van der Waals surface area (Å²) < 4.78 is 0. The van der Waals surface area contributed by atoms with E-state index in [1.54, 1.807) is 0 Å². The van der Waals surface area contributed by atoms with Crippen molar-refractivity contribution in [2.24, 2.45) is 0 Å². The minimum absolute atomic E-state index is 0.112. The van der Waals surface area contributed by atoms with Gasteiger partial charge in [-0.25, -0.2) is 0 Å². The summed E-state index contributed by atoms with van der Waals surface area (Å²) in [6.07, 6.45) is 18.0. The maximum atomic E-state index is 11.8. The van der Waals surface area contributed by atoms with Crippen molar-refractivity contribution < 1.29 is 4.79 Å². The van der Waals surface area contributed by atoms with Gasteiger partial charge in [-0.05, 0) is 12.5 Å². The van der Waals surface area contributed by atoms with Crippen molar-refractivity contribution in [2.45, 2.75) is 96.8 Å². The molecular formula is C22H36NO. The molecule has 0 unspecified atom stereocenters. The quantitative estimate of drug-likeness (QED) is 0.348. The van der Waals surface area contributed by atoms with Crippen LogP contribution in [0.4, 0.5) is 5.69 Å². The van der Waals surface area contributed by atoms with Crippen LogP contribution in [0.5, 0.6) is 0 Å². The highest BCUT2D eigenvalue weighted by Crippen LogP contribution is 2.13. The number of amides is 1. The van der Waals surface area contributed by atoms with E-state index in [9.17, 15) is 4.79 Å². The molecule has 1 radical (unpaired) electrons. The summed E-state index contributed by atoms with van der Waals surface area (Å²) in [6, 6.07) is 10.5. The molecule has 2 nitrogen and oxygen atoms in total. The minimum atomic E-state index is 0.112. The molecule has 1 amide bonds. The highest BCUT2D eigenvalue weighted by atomic mass is 16.1. The van der Waals surface area contributed by atoms with Crippen molar-refractivity contribution in [3.63, 3.8) is 0 Å². The molecule has 0 aliphatic carbocycles. The Labute approximate surface area is 149 Å². The van der Waals surface area contributed by atoms with Crippen LogP contribution in [0.15, 0.2) is 24.3 Å². The van der Waals surface area contributed by atoms with Gasteiger partial charge in [-0.2, -0.15) is 0 Å². The Bertz CT molecular complexity index is 402. The van der Waals surface area contributed by atoms with Crippen LogP contribution < -0.4 is 5.32 Å². The first kappa shape index (κ1) is 20.7. The Kier molecular flexibility index (Phi) is 13.2. The van der Waals surface area contributed by atoms with Gasteiger partial charge in [-0.3, -0.25) is 4.79 Å². The number of carbonyl (C=O) groups is 1. The van der Waals surface area contributed by atoms with E-state index in [2.05, 4.69) is 18.3 Å². The molecular weight excluding hydrogens is 294 g/mol. The fraction of sp³-hybridized carbons (Fsp3) is 0.682. The van der Waals surface area contributed by atoms with E-state index in [0.29, 0.717) is 6.42 Å². The highest BCUT2D eigenvalue weighted by Gasteiger charge is 2.01. The Morgan fingerprint density at radius 3 is 1.88 bits per heavy atom. The number of para-hydroxylation sites is 1. The molecule has 0 heterocycles. The fourth-order valence-corrected chi connectivity index (χ4v) is 2.99. The van der Waals surface area contributed by atoms with E-state index in [-0.39, 0.29) is 5.91 Å². The van der Waals surface area contributed by atoms with Crippen molar-refractivity contribution in [3.05, 3.63) is 30.3 Å². The van der Waals surface area contributed by atoms with Gasteiger partial charge < -0.3 is 5.32 Å². The molecule has 0 fully saturated rings. The summed E-state index contributed by atoms with van der Waals surface area (Å²) in [5.74, 6) is 0.112. The van der Waals surface area contributed by atoms with Crippen molar-refractivity contribution >= 4 is 11.6 Å². The number of unbranched alkanes of at least 4 members (excludes halogenated alkanes) is 12. The van der Waals surface area contributed by atoms with Gasteiger partial charge in [0, 0.05) is 18.2 Å². The molecule has 135 valence electrons. The monoisotopic (exact) mass is 330 g/mol. The lowest BCUT2D eigenvalue weighted by Gasteiger charge is -2.05. The molecule has 24 heavy (non-hydrogen) atoms. The number of anilines is 1. The lowest BCUT2D eigenvalue weighted by molar-refractivity contribution is -0.116. The second-order valence-electron chi connectivity index (χ2n) is 6.82. The molecule has 0 saturated heterocycles. The Morgan fingerprint density at radius 1 is 0.833 bits per heavy atom. The lowest BCUT2D eigenvalue weighted by Crippen LogP contribution is -2.10. The Morgan fingerprint density at radius 2 is 1.38 bits per heavy atom. The predicted molar refractivity (Wildman–Crippen MR) is 104 cm³/mol. The first-order valence-electron chi connectivity index (χ1n) is 10.1. The van der Waals surface area contributed by atoms with Gasteiger partial charge >= 0.3 is 0 Å². The molecule has 0 bridgehead atoms. The van der Waals surface area contributed by atoms with E-state index >= 15 is 0 Å². The zero-order chi connectivity index (χ0) is 17.3. The predicted octanol–water partition coefficient (Wildman–Crippen LogP) is 6.91. The molecule has 1 N–H and O–H groups in total. The maximum Gasteiger partial charge on any atom is 0.224 e. The standard InChI is InChI=1S/C22H36NO/c1-2-3-4-5-6-7-8-9-10-11-12-13-17-20-22(24)23-21-18-15-14-16-19-21/h14-16,18H,2-13,17,20H2,1H3,(H,23,24). The van der Waals surface area contributed by atoms with Gasteiger partial charge in [0.25, 0.3) is 0 Å². The number of nitrogens with one attached hydrogen (secondary N) is 1. The van der Waals surface area contributed by atoms with Crippen LogP contribution in [0.25, 0.3) is 0 Å². The van der Waals surface area contributed by atoms with Crippen LogP contribution in [-0.4, -0.2) is 5.91 Å². The van der Waals surface area contributed by atoms with Crippen LogP contribution in [-0.2, 0) is 4.79 Å². The van der Waals surface area contributed by atoms with Gasteiger partial charge in [0.05, 0.1) is 0 Å². The average molecular weight is 331 g/mol. The van der Waals surface area contributed by atoms with Gasteiger partial charge in [-0.1, -0.05) is 102 Å². The zero-order valence-electron chi connectivity index (χ0n) is 15.6. The summed E-state index contributed by atoms with van der Waals surface area (Å²) in [5, 5.41) is 2.89. The molecule has 1 aromatic carbocycles. The summed E-state index contributed by atoms with van der Waals surface area (Å²) in [4.78, 5) is 11.8. The van der Waals surface area contributed by atoms with Gasteiger partial charge in [0.1, 0.15) is 0 Å². The van der Waals surface area contributed by atoms with Gasteiger partial charge in [0.2, 0.25) is 5.91 Å². The average Bonchev–Trinajstić information content (AvgIpc) is 2.60. The van der Waals surface area contributed by atoms with Crippen molar-refractivity contribution in [2.75, 3.05) is 5.32 Å². The zero-order valence-corrected chi connectivity index (χ0v) is 15.6. The fourth-order valence-electron chi connectivity index (χ4n) is 2.99. The molecule has 0 saturated carbocycles. The third-order valence-electron chi connectivity index (χ3n) is 4.49. The third kappa shape index (κ3) is 12.2. The Balaban J connectivity index is 1.81. The first-order chi connectivity index (χ1) is 11.8. The van der Waals surface area contributed by atoms with Crippen LogP contribution in [0.1, 0.15) is 96.8 Å². The van der Waals surface area contributed by atoms with Crippen molar-refractivity contribution in [1.82, 2.24) is 0 Å². The highest BCUT2D eigenvalue weighted by molar-refractivity contribution is 5.90. The normalized spacial score (nSPS) is 10.7. The summed E-state index contributed by atoms with van der Waals surface area (Å²) in [5.41, 5.74) is 0.775. The van der Waals surface area contributed by atoms with E-state index in [4.69, 9.17) is 0 Å². The molecule has 1 aromatic rings. The van der Waals surface area contributed by atoms with E-state index in [1.165, 1.54) is 77.0 Å². The number of hydrogen-bond acceptors (Lipinski definition) is 1. The second-order valence-corrected chi connectivity index (χ2v) is 6.82. The molecule has 0 aliphatic rings. The number of rotatable bonds is 15. The van der Waals surface area contributed by atoms with Crippen molar-refractivity contribution in [3.8, 4) is 0 Å². The smallest absolute Gasteiger partial charge is 0.224 e. The third-order valence-corrected chi connectivity index (χ3v) is 4.49. The lowest BCUT2D eigenvalue weighted by atomic mass is 10.0. The van der Waals surface area contributed by atoms with Crippen molar-refractivity contribution in [1.29, 1.82) is 0 Å². The topological polar surface area (TPSA) is 29.1 Å². The molecule has 0 aliphatic heterocycles. The summed E-state index contributed by atoms with van der Waals surface area (Å²) in [7, 11) is 0. The number of carbonyl (C=O) groups excluding carboxylic acids is 1. The Hall–Kier alpha value is -1.31. The van der Waals surface area contributed by atoms with Gasteiger partial charge in [0.15, 0.2) is 0 Å². The van der Waals surface area contributed by atoms with Crippen LogP contribution in [0, 0.1) is 6.07 Å². The number of hydrogen-bond donors (Lipinski definition) is 1. The van der Waals surface area contributed by atoms with E-state index in [0.717, 1.165) is 12.1 Å². The second kappa shape index (κ2) is 15.2. The molecule has 0 atom stereocenters. The SMILES string of the molecule is CCCCCCCCCCCCCCCC(=O)Nc1[c]cccc1. The van der Waals surface area contributed by atoms with E-state index < -0.39 is 0 Å². The minimum Gasteiger partial charge on any atom is -0.326 e. The molecule has 0 spiro atoms. The molecule has 2 heteroatoms. The summed E-state index contributed by atoms with van der Waals surface area (Å²) >= 11 is 0. The maximum absolute atomic E-state index is 11.8. The molecule has 1 rings (SSSR count). The largest absolute Gasteiger partial charge is 0.326 e. The summed E-state index contributed by atoms with van der Waals surface area (Å²) in [6.45, 7) is 2.27. The number of benzene rings is 1.